The van der Waals surface area contributed by atoms with Crippen LogP contribution in [0.2, 0.25) is 0 Å². The molecule has 0 saturated carbocycles. The number of anilines is 1. The molecule has 1 aromatic rings. The van der Waals surface area contributed by atoms with Crippen molar-refractivity contribution in [3.05, 3.63) is 28.8 Å². The van der Waals surface area contributed by atoms with Gasteiger partial charge in [0.15, 0.2) is 0 Å². The second-order valence-corrected chi connectivity index (χ2v) is 5.98. The van der Waals surface area contributed by atoms with Gasteiger partial charge in [0, 0.05) is 12.7 Å². The van der Waals surface area contributed by atoms with Gasteiger partial charge in [-0.3, -0.25) is 19.8 Å². The Morgan fingerprint density at radius 3 is 2.17 bits per heavy atom. The number of imide groups is 1. The van der Waals surface area contributed by atoms with E-state index in [0.29, 0.717) is 0 Å². The van der Waals surface area contributed by atoms with Gasteiger partial charge < -0.3 is 10.6 Å². The fraction of sp³-hybridized carbons (Fsp3) is 0.471. The Morgan fingerprint density at radius 1 is 1.12 bits per heavy atom. The molecule has 0 heterocycles. The van der Waals surface area contributed by atoms with Crippen LogP contribution in [0.5, 0.6) is 0 Å². The zero-order valence-electron chi connectivity index (χ0n) is 15.1. The first-order valence-electron chi connectivity index (χ1n) is 7.76. The minimum atomic E-state index is -0.617. The summed E-state index contributed by atoms with van der Waals surface area (Å²) in [5, 5.41) is 7.40. The molecule has 1 rings (SSSR count). The molecule has 1 atom stereocenters. The predicted octanol–water partition coefficient (Wildman–Crippen LogP) is 1.33. The molecule has 0 aliphatic rings. The number of nitrogens with zero attached hydrogens (tertiary/aromatic N) is 1. The van der Waals surface area contributed by atoms with E-state index in [-0.39, 0.29) is 12.5 Å². The number of carbonyl (C=O) groups excluding carboxylic acids is 3. The molecule has 0 bridgehead atoms. The third kappa shape index (κ3) is 5.34. The number of carbonyl (C=O) groups is 3. The van der Waals surface area contributed by atoms with Gasteiger partial charge >= 0.3 is 6.03 Å². The van der Waals surface area contributed by atoms with Gasteiger partial charge in [0.1, 0.15) is 0 Å². The SMILES string of the molecule is CNC(=O)NC(=O)C(C)N(C)CC(=O)Nc1c(C)cc(C)cc1C. The van der Waals surface area contributed by atoms with Gasteiger partial charge in [-0.15, -0.1) is 0 Å². The number of aryl methyl sites for hydroxylation is 3. The zero-order valence-corrected chi connectivity index (χ0v) is 15.1. The molecule has 4 amide bonds. The van der Waals surface area contributed by atoms with Gasteiger partial charge in [-0.1, -0.05) is 17.7 Å². The number of amides is 4. The highest BCUT2D eigenvalue weighted by atomic mass is 16.2. The highest BCUT2D eigenvalue weighted by Gasteiger charge is 2.21. The van der Waals surface area contributed by atoms with E-state index in [0.717, 1.165) is 22.4 Å². The number of hydrogen-bond acceptors (Lipinski definition) is 4. The monoisotopic (exact) mass is 334 g/mol. The molecule has 0 spiro atoms. The lowest BCUT2D eigenvalue weighted by atomic mass is 10.1. The summed E-state index contributed by atoms with van der Waals surface area (Å²) in [6.07, 6.45) is 0. The molecule has 0 fully saturated rings. The average molecular weight is 334 g/mol. The lowest BCUT2D eigenvalue weighted by molar-refractivity contribution is -0.125. The van der Waals surface area contributed by atoms with Crippen molar-refractivity contribution in [2.24, 2.45) is 0 Å². The van der Waals surface area contributed by atoms with E-state index >= 15 is 0 Å². The summed E-state index contributed by atoms with van der Waals surface area (Å²) in [6.45, 7) is 7.56. The fourth-order valence-corrected chi connectivity index (χ4v) is 2.40. The Morgan fingerprint density at radius 2 is 1.67 bits per heavy atom. The van der Waals surface area contributed by atoms with Crippen molar-refractivity contribution in [2.45, 2.75) is 33.7 Å². The third-order valence-corrected chi connectivity index (χ3v) is 3.84. The normalized spacial score (nSPS) is 11.8. The maximum atomic E-state index is 12.3. The Balaban J connectivity index is 2.68. The Bertz CT molecular complexity index is 620. The summed E-state index contributed by atoms with van der Waals surface area (Å²) in [7, 11) is 3.08. The van der Waals surface area contributed by atoms with E-state index in [9.17, 15) is 14.4 Å². The molecule has 7 heteroatoms. The summed E-state index contributed by atoms with van der Waals surface area (Å²) in [6, 6.07) is 2.82. The number of nitrogens with one attached hydrogen (secondary N) is 3. The minimum Gasteiger partial charge on any atom is -0.341 e. The second-order valence-electron chi connectivity index (χ2n) is 5.98. The maximum Gasteiger partial charge on any atom is 0.321 e. The zero-order chi connectivity index (χ0) is 18.4. The van der Waals surface area contributed by atoms with E-state index in [1.54, 1.807) is 18.9 Å². The smallest absolute Gasteiger partial charge is 0.321 e. The van der Waals surface area contributed by atoms with Crippen LogP contribution in [0.15, 0.2) is 12.1 Å². The van der Waals surface area contributed by atoms with Crippen LogP contribution in [-0.2, 0) is 9.59 Å². The van der Waals surface area contributed by atoms with Crippen LogP contribution in [0, 0.1) is 20.8 Å². The third-order valence-electron chi connectivity index (χ3n) is 3.84. The molecule has 132 valence electrons. The predicted molar refractivity (Wildman–Crippen MR) is 94.0 cm³/mol. The lowest BCUT2D eigenvalue weighted by Crippen LogP contribution is -2.49. The number of hydrogen-bond donors (Lipinski definition) is 3. The topological polar surface area (TPSA) is 90.5 Å². The summed E-state index contributed by atoms with van der Waals surface area (Å²) >= 11 is 0. The molecule has 7 nitrogen and oxygen atoms in total. The molecule has 0 aromatic heterocycles. The van der Waals surface area contributed by atoms with Crippen molar-refractivity contribution in [1.82, 2.24) is 15.5 Å². The molecule has 24 heavy (non-hydrogen) atoms. The van der Waals surface area contributed by atoms with Gasteiger partial charge in [-0.05, 0) is 45.9 Å². The first-order valence-corrected chi connectivity index (χ1v) is 7.76. The highest BCUT2D eigenvalue weighted by molar-refractivity contribution is 5.97. The van der Waals surface area contributed by atoms with Crippen LogP contribution in [0.25, 0.3) is 0 Å². The maximum absolute atomic E-state index is 12.3. The fourth-order valence-electron chi connectivity index (χ4n) is 2.40. The minimum absolute atomic E-state index is 0.0368. The molecule has 0 aliphatic heterocycles. The Kier molecular flexibility index (Phi) is 6.91. The van der Waals surface area contributed by atoms with Crippen LogP contribution < -0.4 is 16.0 Å². The van der Waals surface area contributed by atoms with Crippen LogP contribution in [0.4, 0.5) is 10.5 Å². The van der Waals surface area contributed by atoms with Crippen molar-refractivity contribution in [1.29, 1.82) is 0 Å². The van der Waals surface area contributed by atoms with Crippen molar-refractivity contribution >= 4 is 23.5 Å². The van der Waals surface area contributed by atoms with Crippen LogP contribution >= 0.6 is 0 Å². The summed E-state index contributed by atoms with van der Waals surface area (Å²) in [4.78, 5) is 36.9. The summed E-state index contributed by atoms with van der Waals surface area (Å²) in [5.41, 5.74) is 3.92. The summed E-state index contributed by atoms with van der Waals surface area (Å²) in [5.74, 6) is -0.681. The van der Waals surface area contributed by atoms with E-state index in [1.165, 1.54) is 7.05 Å². The molecular formula is C17H26N4O3. The quantitative estimate of drug-likeness (QED) is 0.757. The van der Waals surface area contributed by atoms with Gasteiger partial charge in [-0.25, -0.2) is 4.79 Å². The molecule has 0 saturated heterocycles. The van der Waals surface area contributed by atoms with Crippen molar-refractivity contribution in [3.8, 4) is 0 Å². The molecular weight excluding hydrogens is 308 g/mol. The van der Waals surface area contributed by atoms with Crippen LogP contribution in [0.3, 0.4) is 0 Å². The second kappa shape index (κ2) is 8.44. The van der Waals surface area contributed by atoms with E-state index in [2.05, 4.69) is 16.0 Å². The van der Waals surface area contributed by atoms with Gasteiger partial charge in [0.2, 0.25) is 11.8 Å². The Hall–Kier alpha value is -2.41. The van der Waals surface area contributed by atoms with E-state index in [1.807, 2.05) is 32.9 Å². The van der Waals surface area contributed by atoms with Gasteiger partial charge in [-0.2, -0.15) is 0 Å². The molecule has 0 radical (unpaired) electrons. The van der Waals surface area contributed by atoms with E-state index in [4.69, 9.17) is 0 Å². The van der Waals surface area contributed by atoms with Gasteiger partial charge in [0.25, 0.3) is 0 Å². The summed E-state index contributed by atoms with van der Waals surface area (Å²) < 4.78 is 0. The molecule has 0 aliphatic carbocycles. The van der Waals surface area contributed by atoms with Crippen molar-refractivity contribution in [3.63, 3.8) is 0 Å². The van der Waals surface area contributed by atoms with Crippen LogP contribution in [-0.4, -0.2) is 49.4 Å². The largest absolute Gasteiger partial charge is 0.341 e. The molecule has 1 unspecified atom stereocenters. The van der Waals surface area contributed by atoms with Crippen LogP contribution in [0.1, 0.15) is 23.6 Å². The number of rotatable bonds is 5. The average Bonchev–Trinajstić information content (AvgIpc) is 2.49. The highest BCUT2D eigenvalue weighted by Crippen LogP contribution is 2.21. The van der Waals surface area contributed by atoms with Crippen molar-refractivity contribution < 1.29 is 14.4 Å². The molecule has 1 aromatic carbocycles. The van der Waals surface area contributed by atoms with Gasteiger partial charge in [0.05, 0.1) is 12.6 Å². The first-order chi connectivity index (χ1) is 11.1. The van der Waals surface area contributed by atoms with E-state index < -0.39 is 18.0 Å². The first kappa shape index (κ1) is 19.6. The number of benzene rings is 1. The standard InChI is InChI=1S/C17H26N4O3/c1-10-7-11(2)15(12(3)8-10)19-14(22)9-21(6)13(4)16(23)20-17(24)18-5/h7-8,13H,9H2,1-6H3,(H,19,22)(H2,18,20,23,24). The number of likely N-dealkylation sites (N-methyl/N-ethyl adjacent to an activating group) is 1. The molecule has 3 N–H and O–H groups in total. The van der Waals surface area contributed by atoms with Crippen molar-refractivity contribution in [2.75, 3.05) is 26.0 Å². The number of urea groups is 1. The lowest BCUT2D eigenvalue weighted by Gasteiger charge is -2.23. The Labute approximate surface area is 142 Å².